The molecule has 2 heterocycles. The SMILES string of the molecule is O[C@@H](CN1c2ccccc2Sc2ccccc21)C[NH+]1CCCCC1. The normalized spacial score (nSPS) is 18.8. The monoisotopic (exact) mass is 341 g/mol. The number of rotatable bonds is 4. The molecule has 0 amide bonds. The number of anilines is 2. The van der Waals surface area contributed by atoms with Gasteiger partial charge in [0.15, 0.2) is 0 Å². The van der Waals surface area contributed by atoms with E-state index >= 15 is 0 Å². The number of hydrogen-bond acceptors (Lipinski definition) is 3. The Hall–Kier alpha value is -1.49. The number of aliphatic hydroxyl groups excluding tert-OH is 1. The Labute approximate surface area is 148 Å². The van der Waals surface area contributed by atoms with Crippen LogP contribution in [0, 0.1) is 0 Å². The van der Waals surface area contributed by atoms with Crippen LogP contribution in [0.5, 0.6) is 0 Å². The summed E-state index contributed by atoms with van der Waals surface area (Å²) in [5.41, 5.74) is 2.43. The largest absolute Gasteiger partial charge is 0.385 e. The van der Waals surface area contributed by atoms with Gasteiger partial charge in [-0.1, -0.05) is 36.0 Å². The molecule has 0 bridgehead atoms. The molecule has 4 heteroatoms. The average molecular weight is 342 g/mol. The van der Waals surface area contributed by atoms with Crippen LogP contribution < -0.4 is 9.80 Å². The Balaban J connectivity index is 1.55. The maximum Gasteiger partial charge on any atom is 0.121 e. The second-order valence-corrected chi connectivity index (χ2v) is 7.90. The number of nitrogens with one attached hydrogen (secondary N) is 1. The standard InChI is InChI=1S/C20H24N2OS/c23-16(14-21-12-6-1-7-13-21)15-22-17-8-2-4-10-19(17)24-20-11-5-3-9-18(20)22/h2-5,8-11,16,23H,1,6-7,12-15H2/p+1/t16-/m1/s1. The molecule has 0 radical (unpaired) electrons. The van der Waals surface area contributed by atoms with Crippen molar-refractivity contribution >= 4 is 23.1 Å². The van der Waals surface area contributed by atoms with Crippen LogP contribution in [0.1, 0.15) is 19.3 Å². The molecule has 1 fully saturated rings. The van der Waals surface area contributed by atoms with Crippen molar-refractivity contribution in [3.63, 3.8) is 0 Å². The van der Waals surface area contributed by atoms with Crippen LogP contribution >= 0.6 is 11.8 Å². The number of benzene rings is 2. The number of β-amino-alcohol motifs (C(OH)–C–C–N with tert-alkyl or cyclic N) is 1. The Morgan fingerprint density at radius 2 is 1.50 bits per heavy atom. The van der Waals surface area contributed by atoms with Crippen LogP contribution in [0.25, 0.3) is 0 Å². The van der Waals surface area contributed by atoms with Gasteiger partial charge in [-0.15, -0.1) is 0 Å². The molecule has 0 aliphatic carbocycles. The molecule has 2 aliphatic heterocycles. The van der Waals surface area contributed by atoms with Crippen LogP contribution in [0.2, 0.25) is 0 Å². The predicted molar refractivity (Wildman–Crippen MR) is 99.4 cm³/mol. The minimum Gasteiger partial charge on any atom is -0.385 e. The van der Waals surface area contributed by atoms with E-state index in [1.807, 2.05) is 11.8 Å². The Kier molecular flexibility index (Phi) is 4.79. The lowest BCUT2D eigenvalue weighted by Crippen LogP contribution is -3.14. The van der Waals surface area contributed by atoms with Crippen molar-refractivity contribution in [2.45, 2.75) is 35.2 Å². The van der Waals surface area contributed by atoms with Crippen LogP contribution in [0.15, 0.2) is 58.3 Å². The molecule has 2 aliphatic rings. The highest BCUT2D eigenvalue weighted by Gasteiger charge is 2.26. The van der Waals surface area contributed by atoms with Crippen molar-refractivity contribution in [2.24, 2.45) is 0 Å². The second kappa shape index (κ2) is 7.18. The third kappa shape index (κ3) is 3.32. The van der Waals surface area contributed by atoms with E-state index in [0.29, 0.717) is 6.54 Å². The molecule has 2 N–H and O–H groups in total. The van der Waals surface area contributed by atoms with Crippen LogP contribution in [-0.2, 0) is 0 Å². The van der Waals surface area contributed by atoms with Gasteiger partial charge in [-0.05, 0) is 43.5 Å². The van der Waals surface area contributed by atoms with Crippen LogP contribution in [0.3, 0.4) is 0 Å². The average Bonchev–Trinajstić information content (AvgIpc) is 2.62. The summed E-state index contributed by atoms with van der Waals surface area (Å²) in [7, 11) is 0. The topological polar surface area (TPSA) is 27.9 Å². The third-order valence-corrected chi connectivity index (χ3v) is 6.14. The molecule has 1 saturated heterocycles. The van der Waals surface area contributed by atoms with E-state index in [9.17, 15) is 5.11 Å². The Morgan fingerprint density at radius 3 is 2.12 bits per heavy atom. The highest BCUT2D eigenvalue weighted by molar-refractivity contribution is 7.99. The summed E-state index contributed by atoms with van der Waals surface area (Å²) in [6, 6.07) is 17.0. The molecule has 2 aromatic rings. The highest BCUT2D eigenvalue weighted by Crippen LogP contribution is 2.47. The van der Waals surface area contributed by atoms with Crippen molar-refractivity contribution in [3.05, 3.63) is 48.5 Å². The van der Waals surface area contributed by atoms with Gasteiger partial charge < -0.3 is 14.9 Å². The maximum absolute atomic E-state index is 10.7. The molecule has 126 valence electrons. The lowest BCUT2D eigenvalue weighted by molar-refractivity contribution is -0.907. The summed E-state index contributed by atoms with van der Waals surface area (Å²) >= 11 is 1.82. The fraction of sp³-hybridized carbons (Fsp3) is 0.400. The minimum absolute atomic E-state index is 0.303. The zero-order chi connectivity index (χ0) is 16.4. The van der Waals surface area contributed by atoms with Crippen LogP contribution in [-0.4, -0.2) is 37.4 Å². The summed E-state index contributed by atoms with van der Waals surface area (Å²) in [6.07, 6.45) is 3.65. The fourth-order valence-corrected chi connectivity index (χ4v) is 4.94. The first-order valence-electron chi connectivity index (χ1n) is 8.96. The zero-order valence-corrected chi connectivity index (χ0v) is 14.8. The quantitative estimate of drug-likeness (QED) is 0.896. The zero-order valence-electron chi connectivity index (χ0n) is 13.9. The second-order valence-electron chi connectivity index (χ2n) is 6.82. The van der Waals surface area contributed by atoms with Gasteiger partial charge in [-0.2, -0.15) is 0 Å². The first-order chi connectivity index (χ1) is 11.8. The molecule has 0 aromatic heterocycles. The molecule has 3 nitrogen and oxygen atoms in total. The molecular formula is C20H25N2OS+. The van der Waals surface area contributed by atoms with Gasteiger partial charge in [-0.3, -0.25) is 0 Å². The number of aliphatic hydroxyl groups is 1. The van der Waals surface area contributed by atoms with E-state index in [0.717, 1.165) is 6.54 Å². The van der Waals surface area contributed by atoms with Gasteiger partial charge in [0.25, 0.3) is 0 Å². The smallest absolute Gasteiger partial charge is 0.121 e. The molecule has 0 unspecified atom stereocenters. The third-order valence-electron chi connectivity index (χ3n) is 5.01. The van der Waals surface area contributed by atoms with Gasteiger partial charge in [0.1, 0.15) is 12.6 Å². The first-order valence-corrected chi connectivity index (χ1v) is 9.78. The van der Waals surface area contributed by atoms with E-state index in [1.165, 1.54) is 53.5 Å². The summed E-state index contributed by atoms with van der Waals surface area (Å²) in [5.74, 6) is 0. The van der Waals surface area contributed by atoms with E-state index in [1.54, 1.807) is 4.90 Å². The summed E-state index contributed by atoms with van der Waals surface area (Å²) in [4.78, 5) is 6.40. The molecule has 4 rings (SSSR count). The number of piperidine rings is 1. The van der Waals surface area contributed by atoms with Crippen molar-refractivity contribution in [3.8, 4) is 0 Å². The van der Waals surface area contributed by atoms with Crippen molar-refractivity contribution in [1.82, 2.24) is 0 Å². The lowest BCUT2D eigenvalue weighted by atomic mass is 10.1. The summed E-state index contributed by atoms with van der Waals surface area (Å²) < 4.78 is 0. The summed E-state index contributed by atoms with van der Waals surface area (Å²) in [6.45, 7) is 3.94. The Bertz CT molecular complexity index is 654. The number of likely N-dealkylation sites (tertiary alicyclic amines) is 1. The maximum atomic E-state index is 10.7. The summed E-state index contributed by atoms with van der Waals surface area (Å²) in [5, 5.41) is 10.7. The number of nitrogens with zero attached hydrogens (tertiary/aromatic N) is 1. The number of quaternary nitrogens is 1. The molecule has 24 heavy (non-hydrogen) atoms. The molecule has 0 spiro atoms. The van der Waals surface area contributed by atoms with Gasteiger partial charge in [0.2, 0.25) is 0 Å². The first kappa shape index (κ1) is 16.0. The van der Waals surface area contributed by atoms with E-state index in [-0.39, 0.29) is 6.10 Å². The molecule has 1 atom stereocenters. The molecule has 2 aromatic carbocycles. The van der Waals surface area contributed by atoms with Gasteiger partial charge in [-0.25, -0.2) is 0 Å². The van der Waals surface area contributed by atoms with Crippen molar-refractivity contribution in [1.29, 1.82) is 0 Å². The van der Waals surface area contributed by atoms with Crippen LogP contribution in [0.4, 0.5) is 11.4 Å². The molecular weight excluding hydrogens is 316 g/mol. The Morgan fingerprint density at radius 1 is 0.917 bits per heavy atom. The van der Waals surface area contributed by atoms with Gasteiger partial charge in [0.05, 0.1) is 31.0 Å². The van der Waals surface area contributed by atoms with Gasteiger partial charge >= 0.3 is 0 Å². The number of para-hydroxylation sites is 2. The predicted octanol–water partition coefficient (Wildman–Crippen LogP) is 2.72. The highest BCUT2D eigenvalue weighted by atomic mass is 32.2. The minimum atomic E-state index is -0.303. The van der Waals surface area contributed by atoms with Crippen molar-refractivity contribution in [2.75, 3.05) is 31.1 Å². The van der Waals surface area contributed by atoms with Gasteiger partial charge in [0, 0.05) is 9.79 Å². The lowest BCUT2D eigenvalue weighted by Gasteiger charge is -2.35. The van der Waals surface area contributed by atoms with E-state index < -0.39 is 0 Å². The van der Waals surface area contributed by atoms with E-state index in [2.05, 4.69) is 53.4 Å². The number of hydrogen-bond donors (Lipinski definition) is 2. The molecule has 0 saturated carbocycles. The van der Waals surface area contributed by atoms with E-state index in [4.69, 9.17) is 0 Å². The van der Waals surface area contributed by atoms with Crippen molar-refractivity contribution < 1.29 is 10.0 Å². The fourth-order valence-electron chi connectivity index (χ4n) is 3.84. The number of fused-ring (bicyclic) bond motifs is 2.